The van der Waals surface area contributed by atoms with Crippen molar-refractivity contribution in [2.24, 2.45) is 0 Å². The van der Waals surface area contributed by atoms with Crippen molar-refractivity contribution in [2.75, 3.05) is 24.4 Å². The molecule has 0 radical (unpaired) electrons. The van der Waals surface area contributed by atoms with Gasteiger partial charge in [-0.15, -0.1) is 0 Å². The van der Waals surface area contributed by atoms with Crippen LogP contribution in [0, 0.1) is 6.92 Å². The first-order valence-electron chi connectivity index (χ1n) is 10.5. The molecule has 1 aliphatic rings. The van der Waals surface area contributed by atoms with Crippen LogP contribution < -0.4 is 25.0 Å². The molecule has 0 fully saturated rings. The molecule has 8 nitrogen and oxygen atoms in total. The zero-order chi connectivity index (χ0) is 24.5. The minimum absolute atomic E-state index is 0.167. The monoisotopic (exact) mass is 525 g/mol. The summed E-state index contributed by atoms with van der Waals surface area (Å²) in [7, 11) is 2.94. The molecule has 0 saturated carbocycles. The Balaban J connectivity index is 1.81. The van der Waals surface area contributed by atoms with Gasteiger partial charge in [-0.1, -0.05) is 45.8 Å². The molecule has 9 heteroatoms. The smallest absolute Gasteiger partial charge is 0.329 e. The first-order valence-corrected chi connectivity index (χ1v) is 11.3. The minimum atomic E-state index is -2.37. The van der Waals surface area contributed by atoms with Gasteiger partial charge < -0.3 is 25.2 Å². The van der Waals surface area contributed by atoms with Crippen molar-refractivity contribution >= 4 is 39.2 Å². The second-order valence-electron chi connectivity index (χ2n) is 7.83. The Morgan fingerprint density at radius 2 is 1.82 bits per heavy atom. The normalized spacial score (nSPS) is 17.0. The summed E-state index contributed by atoms with van der Waals surface area (Å²) in [5, 5.41) is 17.5. The Bertz CT molecular complexity index is 1250. The van der Waals surface area contributed by atoms with Crippen LogP contribution in [0.2, 0.25) is 0 Å². The molecule has 4 rings (SSSR count). The summed E-state index contributed by atoms with van der Waals surface area (Å²) in [5.74, 6) is -0.0219. The van der Waals surface area contributed by atoms with Crippen LogP contribution in [0.3, 0.4) is 0 Å². The number of amides is 3. The Hall–Kier alpha value is -3.56. The number of benzene rings is 3. The number of fused-ring (bicyclic) bond motifs is 1. The van der Waals surface area contributed by atoms with Gasteiger partial charge in [-0.25, -0.2) is 9.69 Å². The summed E-state index contributed by atoms with van der Waals surface area (Å²) >= 11 is 3.40. The molecule has 1 atom stereocenters. The van der Waals surface area contributed by atoms with Crippen LogP contribution in [0.1, 0.15) is 16.7 Å². The highest BCUT2D eigenvalue weighted by atomic mass is 79.9. The molecule has 0 bridgehead atoms. The summed E-state index contributed by atoms with van der Waals surface area (Å²) in [5.41, 5.74) is 0.304. The average Bonchev–Trinajstić information content (AvgIpc) is 2.84. The highest BCUT2D eigenvalue weighted by Crippen LogP contribution is 2.44. The van der Waals surface area contributed by atoms with Gasteiger partial charge in [0.2, 0.25) is 0 Å². The maximum Gasteiger partial charge on any atom is 0.329 e. The van der Waals surface area contributed by atoms with Gasteiger partial charge in [0.1, 0.15) is 11.5 Å². The standard InChI is InChI=1S/C25H24BrN3O5/c1-15-4-6-16(7-5-15)14-27-23(30)25(32)19-12-17(26)8-10-20(19)28-24(31)29(25)21-11-9-18(33-2)13-22(21)34-3/h4-13,32H,14H2,1-3H3,(H,27,30)(H,28,31)/t25-/m1/s1. The van der Waals surface area contributed by atoms with Gasteiger partial charge in [-0.3, -0.25) is 4.79 Å². The average molecular weight is 526 g/mol. The Morgan fingerprint density at radius 1 is 1.09 bits per heavy atom. The summed E-state index contributed by atoms with van der Waals surface area (Å²) < 4.78 is 11.3. The van der Waals surface area contributed by atoms with E-state index in [9.17, 15) is 14.7 Å². The molecule has 34 heavy (non-hydrogen) atoms. The molecule has 3 aromatic rings. The van der Waals surface area contributed by atoms with Crippen LogP contribution >= 0.6 is 15.9 Å². The van der Waals surface area contributed by atoms with Crippen molar-refractivity contribution in [3.05, 3.63) is 81.8 Å². The lowest BCUT2D eigenvalue weighted by Gasteiger charge is -2.43. The molecule has 0 aromatic heterocycles. The first kappa shape index (κ1) is 23.6. The third-order valence-electron chi connectivity index (χ3n) is 5.64. The SMILES string of the molecule is COc1ccc(N2C(=O)Nc3ccc(Br)cc3[C@@]2(O)C(=O)NCc2ccc(C)cc2)c(OC)c1. The summed E-state index contributed by atoms with van der Waals surface area (Å²) in [6.07, 6.45) is 0. The minimum Gasteiger partial charge on any atom is -0.497 e. The summed E-state index contributed by atoms with van der Waals surface area (Å²) in [4.78, 5) is 27.9. The van der Waals surface area contributed by atoms with Crippen LogP contribution in [0.25, 0.3) is 0 Å². The zero-order valence-electron chi connectivity index (χ0n) is 18.9. The van der Waals surface area contributed by atoms with Crippen LogP contribution in [0.4, 0.5) is 16.2 Å². The van der Waals surface area contributed by atoms with Crippen molar-refractivity contribution in [1.29, 1.82) is 0 Å². The van der Waals surface area contributed by atoms with E-state index in [0.29, 0.717) is 15.9 Å². The van der Waals surface area contributed by atoms with Crippen molar-refractivity contribution in [3.63, 3.8) is 0 Å². The maximum atomic E-state index is 13.6. The molecule has 0 spiro atoms. The van der Waals surface area contributed by atoms with E-state index in [4.69, 9.17) is 9.47 Å². The van der Waals surface area contributed by atoms with E-state index in [-0.39, 0.29) is 23.5 Å². The van der Waals surface area contributed by atoms with E-state index in [2.05, 4.69) is 26.6 Å². The number of hydrogen-bond acceptors (Lipinski definition) is 5. The predicted molar refractivity (Wildman–Crippen MR) is 132 cm³/mol. The number of nitrogens with one attached hydrogen (secondary N) is 2. The van der Waals surface area contributed by atoms with Crippen LogP contribution in [0.5, 0.6) is 11.5 Å². The largest absolute Gasteiger partial charge is 0.497 e. The third-order valence-corrected chi connectivity index (χ3v) is 6.14. The number of aliphatic hydroxyl groups is 1. The molecule has 176 valence electrons. The number of aryl methyl sites for hydroxylation is 1. The maximum absolute atomic E-state index is 13.6. The molecule has 3 N–H and O–H groups in total. The number of ether oxygens (including phenoxy) is 2. The fourth-order valence-corrected chi connectivity index (χ4v) is 4.20. The van der Waals surface area contributed by atoms with Gasteiger partial charge in [-0.05, 0) is 42.8 Å². The lowest BCUT2D eigenvalue weighted by molar-refractivity contribution is -0.140. The van der Waals surface area contributed by atoms with E-state index in [0.717, 1.165) is 16.0 Å². The van der Waals surface area contributed by atoms with Gasteiger partial charge in [-0.2, -0.15) is 0 Å². The highest BCUT2D eigenvalue weighted by molar-refractivity contribution is 9.10. The van der Waals surface area contributed by atoms with Crippen molar-refractivity contribution in [1.82, 2.24) is 5.32 Å². The fourth-order valence-electron chi connectivity index (χ4n) is 3.84. The molecule has 0 aliphatic carbocycles. The molecule has 1 heterocycles. The number of nitrogens with zero attached hydrogens (tertiary/aromatic N) is 1. The van der Waals surface area contributed by atoms with Gasteiger partial charge in [0.15, 0.2) is 0 Å². The van der Waals surface area contributed by atoms with Crippen molar-refractivity contribution in [2.45, 2.75) is 19.2 Å². The summed E-state index contributed by atoms with van der Waals surface area (Å²) in [6, 6.07) is 16.6. The van der Waals surface area contributed by atoms with Crippen LogP contribution in [0.15, 0.2) is 65.1 Å². The fraction of sp³-hybridized carbons (Fsp3) is 0.200. The van der Waals surface area contributed by atoms with E-state index in [1.165, 1.54) is 14.2 Å². The van der Waals surface area contributed by atoms with Gasteiger partial charge >= 0.3 is 6.03 Å². The van der Waals surface area contributed by atoms with Crippen molar-refractivity contribution in [3.8, 4) is 11.5 Å². The number of methoxy groups -OCH3 is 2. The number of anilines is 2. The third kappa shape index (κ3) is 4.20. The molecule has 1 aliphatic heterocycles. The van der Waals surface area contributed by atoms with Crippen LogP contribution in [-0.2, 0) is 17.1 Å². The lowest BCUT2D eigenvalue weighted by Crippen LogP contribution is -2.62. The molecule has 3 aromatic carbocycles. The van der Waals surface area contributed by atoms with E-state index in [1.807, 2.05) is 31.2 Å². The lowest BCUT2D eigenvalue weighted by atomic mass is 9.94. The quantitative estimate of drug-likeness (QED) is 0.445. The molecular weight excluding hydrogens is 502 g/mol. The van der Waals surface area contributed by atoms with Crippen molar-refractivity contribution < 1.29 is 24.2 Å². The zero-order valence-corrected chi connectivity index (χ0v) is 20.5. The molecule has 0 unspecified atom stereocenters. The van der Waals surface area contributed by atoms with E-state index >= 15 is 0 Å². The topological polar surface area (TPSA) is 100 Å². The predicted octanol–water partition coefficient (Wildman–Crippen LogP) is 4.29. The number of halogens is 1. The molecular formula is C25H24BrN3O5. The van der Waals surface area contributed by atoms with Gasteiger partial charge in [0, 0.05) is 22.6 Å². The number of carbonyl (C=O) groups excluding carboxylic acids is 2. The number of urea groups is 1. The number of hydrogen-bond donors (Lipinski definition) is 3. The van der Waals surface area contributed by atoms with Gasteiger partial charge in [0.05, 0.1) is 25.6 Å². The Labute approximate surface area is 205 Å². The number of carbonyl (C=O) groups is 2. The highest BCUT2D eigenvalue weighted by Gasteiger charge is 2.52. The van der Waals surface area contributed by atoms with Gasteiger partial charge in [0.25, 0.3) is 11.6 Å². The molecule has 0 saturated heterocycles. The summed E-state index contributed by atoms with van der Waals surface area (Å²) in [6.45, 7) is 2.14. The Morgan fingerprint density at radius 3 is 2.50 bits per heavy atom. The molecule has 3 amide bonds. The van der Waals surface area contributed by atoms with E-state index < -0.39 is 17.7 Å². The number of rotatable bonds is 6. The van der Waals surface area contributed by atoms with Crippen LogP contribution in [-0.4, -0.2) is 31.3 Å². The Kier molecular flexibility index (Phi) is 6.49. The second-order valence-corrected chi connectivity index (χ2v) is 8.75. The van der Waals surface area contributed by atoms with E-state index in [1.54, 1.807) is 36.4 Å². The first-order chi connectivity index (χ1) is 16.3. The second kappa shape index (κ2) is 9.36.